The van der Waals surface area contributed by atoms with Crippen LogP contribution in [0.3, 0.4) is 0 Å². The lowest BCUT2D eigenvalue weighted by Gasteiger charge is -2.36. The van der Waals surface area contributed by atoms with E-state index in [-0.39, 0.29) is 18.4 Å². The number of hydrogen-bond donors (Lipinski definition) is 0. The zero-order chi connectivity index (χ0) is 26.2. The molecular weight excluding hydrogens is 466 g/mol. The number of anilines is 1. The van der Waals surface area contributed by atoms with Crippen LogP contribution < -0.4 is 9.64 Å². The van der Waals surface area contributed by atoms with Crippen LogP contribution in [0.2, 0.25) is 0 Å². The van der Waals surface area contributed by atoms with E-state index in [1.807, 2.05) is 72.5 Å². The highest BCUT2D eigenvalue weighted by Crippen LogP contribution is 2.22. The number of methoxy groups -OCH3 is 1. The van der Waals surface area contributed by atoms with Crippen LogP contribution in [0.5, 0.6) is 5.75 Å². The molecule has 2 amide bonds. The molecule has 8 nitrogen and oxygen atoms in total. The first kappa shape index (κ1) is 26.1. The van der Waals surface area contributed by atoms with Crippen molar-refractivity contribution < 1.29 is 14.3 Å². The number of carbonyl (C=O) groups excluding carboxylic acids is 2. The van der Waals surface area contributed by atoms with Gasteiger partial charge in [-0.2, -0.15) is 0 Å². The fourth-order valence-corrected chi connectivity index (χ4v) is 4.44. The predicted molar refractivity (Wildman–Crippen MR) is 145 cm³/mol. The summed E-state index contributed by atoms with van der Waals surface area (Å²) in [6, 6.07) is 19.2. The summed E-state index contributed by atoms with van der Waals surface area (Å²) in [5, 5.41) is 8.83. The second kappa shape index (κ2) is 12.3. The molecular formula is C29H35N5O3. The third-order valence-electron chi connectivity index (χ3n) is 6.76. The Hall–Kier alpha value is -3.94. The number of carbonyl (C=O) groups is 2. The summed E-state index contributed by atoms with van der Waals surface area (Å²) < 4.78 is 5.21. The topological polar surface area (TPSA) is 78.9 Å². The van der Waals surface area contributed by atoms with Crippen LogP contribution >= 0.6 is 0 Å². The number of hydrogen-bond acceptors (Lipinski definition) is 6. The molecule has 0 spiro atoms. The molecule has 1 fully saturated rings. The van der Waals surface area contributed by atoms with Gasteiger partial charge in [-0.3, -0.25) is 9.59 Å². The lowest BCUT2D eigenvalue weighted by atomic mass is 10.1. The van der Waals surface area contributed by atoms with Gasteiger partial charge in [0.2, 0.25) is 5.91 Å². The van der Waals surface area contributed by atoms with Crippen molar-refractivity contribution in [1.29, 1.82) is 0 Å². The van der Waals surface area contributed by atoms with Gasteiger partial charge in [-0.25, -0.2) is 0 Å². The maximum atomic E-state index is 13.2. The molecule has 2 aromatic carbocycles. The van der Waals surface area contributed by atoms with Crippen molar-refractivity contribution in [3.63, 3.8) is 0 Å². The minimum absolute atomic E-state index is 0.0152. The summed E-state index contributed by atoms with van der Waals surface area (Å²) in [5.41, 5.74) is 3.36. The van der Waals surface area contributed by atoms with Crippen molar-refractivity contribution in [2.75, 3.05) is 51.3 Å². The number of unbranched alkanes of at least 4 members (excludes halogenated alkanes) is 1. The first-order chi connectivity index (χ1) is 18.0. The molecule has 8 heteroatoms. The normalized spacial score (nSPS) is 13.4. The lowest BCUT2D eigenvalue weighted by Crippen LogP contribution is -2.52. The van der Waals surface area contributed by atoms with Crippen molar-refractivity contribution in [3.8, 4) is 17.0 Å². The SMILES string of the molecule is CCCCN(CC(=O)N1CCN(c2ccc(-c3ccc(OC)cc3)nn2)CC1)C(=O)c1ccccc1C. The number of ether oxygens (including phenoxy) is 1. The van der Waals surface area contributed by atoms with Crippen LogP contribution in [0, 0.1) is 6.92 Å². The van der Waals surface area contributed by atoms with Crippen LogP contribution in [0.1, 0.15) is 35.7 Å². The van der Waals surface area contributed by atoms with Gasteiger partial charge in [-0.1, -0.05) is 31.5 Å². The molecule has 1 aliphatic rings. The quantitative estimate of drug-likeness (QED) is 0.440. The highest BCUT2D eigenvalue weighted by Gasteiger charge is 2.26. The molecule has 0 N–H and O–H groups in total. The monoisotopic (exact) mass is 501 g/mol. The second-order valence-electron chi connectivity index (χ2n) is 9.27. The Morgan fingerprint density at radius 1 is 0.946 bits per heavy atom. The van der Waals surface area contributed by atoms with E-state index in [4.69, 9.17) is 4.74 Å². The van der Waals surface area contributed by atoms with Crippen molar-refractivity contribution in [2.45, 2.75) is 26.7 Å². The molecule has 1 aliphatic heterocycles. The van der Waals surface area contributed by atoms with Gasteiger partial charge < -0.3 is 19.4 Å². The Morgan fingerprint density at radius 3 is 2.30 bits per heavy atom. The van der Waals surface area contributed by atoms with Gasteiger partial charge in [0.05, 0.1) is 12.8 Å². The molecule has 194 valence electrons. The Morgan fingerprint density at radius 2 is 1.68 bits per heavy atom. The van der Waals surface area contributed by atoms with Gasteiger partial charge in [-0.05, 0) is 61.4 Å². The van der Waals surface area contributed by atoms with Crippen LogP contribution in [-0.2, 0) is 4.79 Å². The fraction of sp³-hybridized carbons (Fsp3) is 0.379. The summed E-state index contributed by atoms with van der Waals surface area (Å²) in [5.74, 6) is 1.50. The fourth-order valence-electron chi connectivity index (χ4n) is 4.44. The summed E-state index contributed by atoms with van der Waals surface area (Å²) >= 11 is 0. The molecule has 0 radical (unpaired) electrons. The number of nitrogens with zero attached hydrogens (tertiary/aromatic N) is 5. The molecule has 0 bridgehead atoms. The van der Waals surface area contributed by atoms with E-state index in [1.54, 1.807) is 12.0 Å². The Labute approximate surface area is 218 Å². The minimum Gasteiger partial charge on any atom is -0.497 e. The maximum absolute atomic E-state index is 13.2. The zero-order valence-corrected chi connectivity index (χ0v) is 21.9. The van der Waals surface area contributed by atoms with Crippen LogP contribution in [-0.4, -0.2) is 78.2 Å². The molecule has 1 saturated heterocycles. The van der Waals surface area contributed by atoms with E-state index in [2.05, 4.69) is 22.0 Å². The number of piperazine rings is 1. The molecule has 3 aromatic rings. The zero-order valence-electron chi connectivity index (χ0n) is 21.9. The molecule has 0 atom stereocenters. The van der Waals surface area contributed by atoms with Gasteiger partial charge >= 0.3 is 0 Å². The summed E-state index contributed by atoms with van der Waals surface area (Å²) in [6.45, 7) is 7.20. The number of benzene rings is 2. The number of amides is 2. The van der Waals surface area contributed by atoms with Gasteiger partial charge in [0.15, 0.2) is 5.82 Å². The largest absolute Gasteiger partial charge is 0.497 e. The standard InChI is InChI=1S/C29H35N5O3/c1-4-5-16-34(29(36)25-9-7-6-8-22(25)2)21-28(35)33-19-17-32(18-20-33)27-15-14-26(30-31-27)23-10-12-24(37-3)13-11-23/h6-15H,4-5,16-21H2,1-3H3. The van der Waals surface area contributed by atoms with E-state index in [1.165, 1.54) is 0 Å². The lowest BCUT2D eigenvalue weighted by molar-refractivity contribution is -0.132. The Kier molecular flexibility index (Phi) is 8.72. The van der Waals surface area contributed by atoms with Crippen LogP contribution in [0.4, 0.5) is 5.82 Å². The molecule has 0 unspecified atom stereocenters. The number of aryl methyl sites for hydroxylation is 1. The Balaban J connectivity index is 1.34. The third kappa shape index (κ3) is 6.44. The number of rotatable bonds is 9. The van der Waals surface area contributed by atoms with Gasteiger partial charge in [0.25, 0.3) is 5.91 Å². The second-order valence-corrected chi connectivity index (χ2v) is 9.27. The molecule has 4 rings (SSSR count). The van der Waals surface area contributed by atoms with Gasteiger partial charge in [0, 0.05) is 43.9 Å². The van der Waals surface area contributed by atoms with Crippen molar-refractivity contribution in [1.82, 2.24) is 20.0 Å². The van der Waals surface area contributed by atoms with E-state index in [0.29, 0.717) is 38.3 Å². The molecule has 0 saturated carbocycles. The van der Waals surface area contributed by atoms with E-state index in [0.717, 1.165) is 41.2 Å². The van der Waals surface area contributed by atoms with E-state index >= 15 is 0 Å². The van der Waals surface area contributed by atoms with Gasteiger partial charge in [-0.15, -0.1) is 10.2 Å². The first-order valence-electron chi connectivity index (χ1n) is 12.9. The van der Waals surface area contributed by atoms with Crippen molar-refractivity contribution in [2.24, 2.45) is 0 Å². The van der Waals surface area contributed by atoms with Crippen LogP contribution in [0.15, 0.2) is 60.7 Å². The third-order valence-corrected chi connectivity index (χ3v) is 6.76. The molecule has 0 aliphatic carbocycles. The van der Waals surface area contributed by atoms with Crippen molar-refractivity contribution in [3.05, 3.63) is 71.8 Å². The Bertz CT molecular complexity index is 1190. The highest BCUT2D eigenvalue weighted by molar-refractivity contribution is 5.97. The smallest absolute Gasteiger partial charge is 0.254 e. The molecule has 2 heterocycles. The average molecular weight is 502 g/mol. The first-order valence-corrected chi connectivity index (χ1v) is 12.9. The molecule has 1 aromatic heterocycles. The maximum Gasteiger partial charge on any atom is 0.254 e. The highest BCUT2D eigenvalue weighted by atomic mass is 16.5. The van der Waals surface area contributed by atoms with Crippen LogP contribution in [0.25, 0.3) is 11.3 Å². The molecule has 37 heavy (non-hydrogen) atoms. The minimum atomic E-state index is -0.0780. The van der Waals surface area contributed by atoms with Gasteiger partial charge in [0.1, 0.15) is 12.3 Å². The van der Waals surface area contributed by atoms with E-state index < -0.39 is 0 Å². The summed E-state index contributed by atoms with van der Waals surface area (Å²) in [6.07, 6.45) is 1.83. The average Bonchev–Trinajstić information content (AvgIpc) is 2.95. The number of aromatic nitrogens is 2. The van der Waals surface area contributed by atoms with Crippen molar-refractivity contribution >= 4 is 17.6 Å². The van der Waals surface area contributed by atoms with E-state index in [9.17, 15) is 9.59 Å². The summed E-state index contributed by atoms with van der Waals surface area (Å²) in [4.78, 5) is 32.1. The predicted octanol–water partition coefficient (Wildman–Crippen LogP) is 4.05. The summed E-state index contributed by atoms with van der Waals surface area (Å²) in [7, 11) is 1.64.